The summed E-state index contributed by atoms with van der Waals surface area (Å²) < 4.78 is 0. The van der Waals surface area contributed by atoms with Crippen molar-refractivity contribution in [1.82, 2.24) is 0 Å². The lowest BCUT2D eigenvalue weighted by Crippen LogP contribution is -2.35. The number of hydrogen-bond donors (Lipinski definition) is 2. The van der Waals surface area contributed by atoms with Gasteiger partial charge in [-0.3, -0.25) is 9.59 Å². The first-order valence-corrected chi connectivity index (χ1v) is 7.96. The van der Waals surface area contributed by atoms with Gasteiger partial charge in [0.25, 0.3) is 0 Å². The molecule has 2 aliphatic rings. The number of amides is 1. The fourth-order valence-corrected chi connectivity index (χ4v) is 3.50. The van der Waals surface area contributed by atoms with Gasteiger partial charge in [-0.15, -0.1) is 0 Å². The second kappa shape index (κ2) is 6.34. The summed E-state index contributed by atoms with van der Waals surface area (Å²) in [6, 6.07) is 6.01. The molecule has 0 aromatic heterocycles. The molecule has 22 heavy (non-hydrogen) atoms. The molecule has 4 nitrogen and oxygen atoms in total. The first kappa shape index (κ1) is 14.8. The van der Waals surface area contributed by atoms with Gasteiger partial charge in [-0.05, 0) is 55.7 Å². The van der Waals surface area contributed by atoms with E-state index >= 15 is 0 Å². The highest BCUT2D eigenvalue weighted by atomic mass is 16.4. The lowest BCUT2D eigenvalue weighted by Gasteiger charge is -2.26. The summed E-state index contributed by atoms with van der Waals surface area (Å²) in [5, 5.41) is 12.3. The molecule has 2 N–H and O–H groups in total. The molecule has 4 heteroatoms. The monoisotopic (exact) mass is 299 g/mol. The van der Waals surface area contributed by atoms with Crippen molar-refractivity contribution >= 4 is 17.6 Å². The fraction of sp³-hybridized carbons (Fsp3) is 0.444. The van der Waals surface area contributed by atoms with Crippen LogP contribution in [0, 0.1) is 11.8 Å². The van der Waals surface area contributed by atoms with Crippen LogP contribution in [0.3, 0.4) is 0 Å². The van der Waals surface area contributed by atoms with E-state index in [-0.39, 0.29) is 5.91 Å². The van der Waals surface area contributed by atoms with Crippen LogP contribution in [0.2, 0.25) is 0 Å². The summed E-state index contributed by atoms with van der Waals surface area (Å²) >= 11 is 0. The number of carboxylic acid groups (broad SMARTS) is 1. The van der Waals surface area contributed by atoms with Crippen LogP contribution in [0.1, 0.15) is 36.8 Å². The lowest BCUT2D eigenvalue weighted by molar-refractivity contribution is -0.146. The van der Waals surface area contributed by atoms with E-state index in [4.69, 9.17) is 0 Å². The average molecular weight is 299 g/mol. The minimum absolute atomic E-state index is 0.171. The first-order chi connectivity index (χ1) is 10.7. The summed E-state index contributed by atoms with van der Waals surface area (Å²) in [6.07, 6.45) is 9.07. The average Bonchev–Trinajstić information content (AvgIpc) is 2.55. The largest absolute Gasteiger partial charge is 0.481 e. The zero-order valence-electron chi connectivity index (χ0n) is 12.5. The predicted molar refractivity (Wildman–Crippen MR) is 84.7 cm³/mol. The van der Waals surface area contributed by atoms with Gasteiger partial charge in [0.15, 0.2) is 0 Å². The van der Waals surface area contributed by atoms with Crippen molar-refractivity contribution in [3.8, 4) is 0 Å². The quantitative estimate of drug-likeness (QED) is 0.842. The molecule has 1 amide bonds. The van der Waals surface area contributed by atoms with Crippen LogP contribution >= 0.6 is 0 Å². The SMILES string of the molecule is O=C(Nc1cccc2c1CCCC2)[C@H]1CC=CC[C@H]1C(=O)O. The molecule has 3 rings (SSSR count). The Morgan fingerprint density at radius 3 is 2.55 bits per heavy atom. The molecule has 0 saturated carbocycles. The van der Waals surface area contributed by atoms with E-state index in [2.05, 4.69) is 11.4 Å². The number of benzene rings is 1. The fourth-order valence-electron chi connectivity index (χ4n) is 3.50. The summed E-state index contributed by atoms with van der Waals surface area (Å²) in [6.45, 7) is 0. The molecule has 2 aliphatic carbocycles. The van der Waals surface area contributed by atoms with Gasteiger partial charge in [-0.1, -0.05) is 24.3 Å². The van der Waals surface area contributed by atoms with E-state index in [1.807, 2.05) is 24.3 Å². The number of rotatable bonds is 3. The van der Waals surface area contributed by atoms with Crippen molar-refractivity contribution in [3.05, 3.63) is 41.5 Å². The molecule has 116 valence electrons. The van der Waals surface area contributed by atoms with Gasteiger partial charge in [0.05, 0.1) is 11.8 Å². The zero-order chi connectivity index (χ0) is 15.5. The van der Waals surface area contributed by atoms with E-state index in [0.717, 1.165) is 24.9 Å². The number of aryl methyl sites for hydroxylation is 1. The Morgan fingerprint density at radius 1 is 1.05 bits per heavy atom. The maximum Gasteiger partial charge on any atom is 0.307 e. The van der Waals surface area contributed by atoms with Gasteiger partial charge in [0.1, 0.15) is 0 Å². The summed E-state index contributed by atoms with van der Waals surface area (Å²) in [5.41, 5.74) is 3.39. The molecule has 0 fully saturated rings. The predicted octanol–water partition coefficient (Wildman–Crippen LogP) is 3.17. The number of anilines is 1. The Morgan fingerprint density at radius 2 is 1.77 bits per heavy atom. The maximum atomic E-state index is 12.6. The van der Waals surface area contributed by atoms with E-state index in [1.165, 1.54) is 17.5 Å². The number of fused-ring (bicyclic) bond motifs is 1. The highest BCUT2D eigenvalue weighted by molar-refractivity contribution is 5.96. The van der Waals surface area contributed by atoms with E-state index in [1.54, 1.807) is 0 Å². The second-order valence-corrected chi connectivity index (χ2v) is 6.13. The van der Waals surface area contributed by atoms with Gasteiger partial charge in [-0.2, -0.15) is 0 Å². The Kier molecular flexibility index (Phi) is 4.27. The topological polar surface area (TPSA) is 66.4 Å². The van der Waals surface area contributed by atoms with Crippen molar-refractivity contribution in [1.29, 1.82) is 0 Å². The molecule has 0 heterocycles. The van der Waals surface area contributed by atoms with E-state index in [9.17, 15) is 14.7 Å². The third kappa shape index (κ3) is 2.91. The van der Waals surface area contributed by atoms with Crippen LogP contribution < -0.4 is 5.32 Å². The molecule has 0 radical (unpaired) electrons. The minimum atomic E-state index is -0.889. The summed E-state index contributed by atoms with van der Waals surface area (Å²) in [7, 11) is 0. The molecule has 0 saturated heterocycles. The number of carboxylic acids is 1. The minimum Gasteiger partial charge on any atom is -0.481 e. The van der Waals surface area contributed by atoms with Gasteiger partial charge in [-0.25, -0.2) is 0 Å². The number of allylic oxidation sites excluding steroid dienone is 2. The Hall–Kier alpha value is -2.10. The molecule has 0 spiro atoms. The highest BCUT2D eigenvalue weighted by Gasteiger charge is 2.34. The maximum absolute atomic E-state index is 12.6. The van der Waals surface area contributed by atoms with Crippen molar-refractivity contribution in [3.63, 3.8) is 0 Å². The zero-order valence-corrected chi connectivity index (χ0v) is 12.5. The third-order valence-corrected chi connectivity index (χ3v) is 4.74. The standard InChI is InChI=1S/C18H21NO3/c20-17(14-9-3-4-10-15(14)18(21)22)19-16-11-5-7-12-6-1-2-8-13(12)16/h3-5,7,11,14-15H,1-2,6,8-10H2,(H,19,20)(H,21,22)/t14-,15+/m0/s1. The third-order valence-electron chi connectivity index (χ3n) is 4.74. The summed E-state index contributed by atoms with van der Waals surface area (Å²) in [5.74, 6) is -2.17. The normalized spacial score (nSPS) is 23.6. The number of hydrogen-bond acceptors (Lipinski definition) is 2. The smallest absolute Gasteiger partial charge is 0.307 e. The summed E-state index contributed by atoms with van der Waals surface area (Å²) in [4.78, 5) is 23.9. The van der Waals surface area contributed by atoms with Crippen LogP contribution in [0.4, 0.5) is 5.69 Å². The van der Waals surface area contributed by atoms with Crippen molar-refractivity contribution in [2.75, 3.05) is 5.32 Å². The molecule has 1 aromatic rings. The highest BCUT2D eigenvalue weighted by Crippen LogP contribution is 2.31. The van der Waals surface area contributed by atoms with E-state index < -0.39 is 17.8 Å². The Balaban J connectivity index is 1.79. The second-order valence-electron chi connectivity index (χ2n) is 6.13. The van der Waals surface area contributed by atoms with Crippen molar-refractivity contribution in [2.24, 2.45) is 11.8 Å². The lowest BCUT2D eigenvalue weighted by atomic mass is 9.82. The van der Waals surface area contributed by atoms with Crippen LogP contribution in [-0.4, -0.2) is 17.0 Å². The molecule has 0 aliphatic heterocycles. The van der Waals surface area contributed by atoms with Crippen LogP contribution in [-0.2, 0) is 22.4 Å². The van der Waals surface area contributed by atoms with Crippen LogP contribution in [0.25, 0.3) is 0 Å². The van der Waals surface area contributed by atoms with Gasteiger partial charge in [0.2, 0.25) is 5.91 Å². The van der Waals surface area contributed by atoms with Crippen molar-refractivity contribution < 1.29 is 14.7 Å². The van der Waals surface area contributed by atoms with Gasteiger partial charge >= 0.3 is 5.97 Å². The number of nitrogens with one attached hydrogen (secondary N) is 1. The molecular weight excluding hydrogens is 278 g/mol. The molecule has 1 aromatic carbocycles. The Labute approximate surface area is 130 Å². The molecule has 0 unspecified atom stereocenters. The Bertz CT molecular complexity index is 621. The number of carbonyl (C=O) groups is 2. The molecular formula is C18H21NO3. The number of carbonyl (C=O) groups excluding carboxylic acids is 1. The first-order valence-electron chi connectivity index (χ1n) is 7.96. The van der Waals surface area contributed by atoms with Gasteiger partial charge < -0.3 is 10.4 Å². The van der Waals surface area contributed by atoms with Crippen LogP contribution in [0.5, 0.6) is 0 Å². The van der Waals surface area contributed by atoms with E-state index in [0.29, 0.717) is 12.8 Å². The van der Waals surface area contributed by atoms with Gasteiger partial charge in [0, 0.05) is 5.69 Å². The molecule has 0 bridgehead atoms. The molecule has 2 atom stereocenters. The van der Waals surface area contributed by atoms with Crippen molar-refractivity contribution in [2.45, 2.75) is 38.5 Å². The number of aliphatic carboxylic acids is 1. The van der Waals surface area contributed by atoms with Crippen LogP contribution in [0.15, 0.2) is 30.4 Å².